The summed E-state index contributed by atoms with van der Waals surface area (Å²) < 4.78 is 13.2. The van der Waals surface area contributed by atoms with E-state index in [-0.39, 0.29) is 24.2 Å². The number of carbonyl (C=O) groups excluding carboxylic acids is 1. The fourth-order valence-corrected chi connectivity index (χ4v) is 1.56. The molecule has 0 aliphatic carbocycles. The average molecular weight is 223 g/mol. The first-order valence-electron chi connectivity index (χ1n) is 5.66. The molecule has 2 nitrogen and oxygen atoms in total. The second kappa shape index (κ2) is 6.26. The number of amides is 1. The van der Waals surface area contributed by atoms with Crippen molar-refractivity contribution in [3.8, 4) is 0 Å². The standard InChI is InChI=1S/C13H18FNO/c1-3-6-10(2)13(16)15-9-11-7-4-5-8-12(11)14/h4-5,7-8,10H,3,6,9H2,1-2H3,(H,15,16)/t10-/m0/s1. The number of hydrogen-bond acceptors (Lipinski definition) is 1. The quantitative estimate of drug-likeness (QED) is 0.817. The molecule has 3 heteroatoms. The van der Waals surface area contributed by atoms with Gasteiger partial charge in [-0.2, -0.15) is 0 Å². The third kappa shape index (κ3) is 3.65. The van der Waals surface area contributed by atoms with E-state index in [2.05, 4.69) is 5.32 Å². The lowest BCUT2D eigenvalue weighted by Gasteiger charge is -2.11. The molecule has 16 heavy (non-hydrogen) atoms. The Morgan fingerprint density at radius 1 is 1.44 bits per heavy atom. The molecule has 0 aliphatic rings. The summed E-state index contributed by atoms with van der Waals surface area (Å²) in [6, 6.07) is 6.48. The fourth-order valence-electron chi connectivity index (χ4n) is 1.56. The van der Waals surface area contributed by atoms with E-state index in [1.807, 2.05) is 13.8 Å². The van der Waals surface area contributed by atoms with Crippen LogP contribution in [-0.4, -0.2) is 5.91 Å². The lowest BCUT2D eigenvalue weighted by molar-refractivity contribution is -0.124. The van der Waals surface area contributed by atoms with Crippen LogP contribution in [0.5, 0.6) is 0 Å². The van der Waals surface area contributed by atoms with Crippen molar-refractivity contribution < 1.29 is 9.18 Å². The van der Waals surface area contributed by atoms with Crippen LogP contribution in [0.15, 0.2) is 24.3 Å². The van der Waals surface area contributed by atoms with E-state index in [0.717, 1.165) is 12.8 Å². The molecule has 1 N–H and O–H groups in total. The molecule has 1 atom stereocenters. The van der Waals surface area contributed by atoms with Gasteiger partial charge in [0, 0.05) is 18.0 Å². The monoisotopic (exact) mass is 223 g/mol. The highest BCUT2D eigenvalue weighted by Crippen LogP contribution is 2.08. The van der Waals surface area contributed by atoms with Crippen LogP contribution < -0.4 is 5.32 Å². The molecule has 1 aromatic rings. The van der Waals surface area contributed by atoms with Gasteiger partial charge in [-0.05, 0) is 12.5 Å². The number of hydrogen-bond donors (Lipinski definition) is 1. The smallest absolute Gasteiger partial charge is 0.223 e. The highest BCUT2D eigenvalue weighted by Gasteiger charge is 2.11. The van der Waals surface area contributed by atoms with E-state index < -0.39 is 0 Å². The zero-order valence-corrected chi connectivity index (χ0v) is 9.79. The molecule has 1 rings (SSSR count). The maximum absolute atomic E-state index is 13.2. The van der Waals surface area contributed by atoms with Crippen molar-refractivity contribution in [3.05, 3.63) is 35.6 Å². The number of benzene rings is 1. The molecule has 0 aliphatic heterocycles. The fraction of sp³-hybridized carbons (Fsp3) is 0.462. The normalized spacial score (nSPS) is 12.2. The lowest BCUT2D eigenvalue weighted by atomic mass is 10.1. The van der Waals surface area contributed by atoms with Gasteiger partial charge in [-0.25, -0.2) is 4.39 Å². The van der Waals surface area contributed by atoms with Gasteiger partial charge in [-0.1, -0.05) is 38.5 Å². The van der Waals surface area contributed by atoms with Crippen LogP contribution in [0.4, 0.5) is 4.39 Å². The van der Waals surface area contributed by atoms with Crippen molar-refractivity contribution in [2.75, 3.05) is 0 Å². The molecule has 0 saturated heterocycles. The molecule has 0 aromatic heterocycles. The molecule has 1 amide bonds. The van der Waals surface area contributed by atoms with Crippen LogP contribution in [0.2, 0.25) is 0 Å². The maximum atomic E-state index is 13.2. The Kier molecular flexibility index (Phi) is 4.96. The highest BCUT2D eigenvalue weighted by molar-refractivity contribution is 5.78. The summed E-state index contributed by atoms with van der Waals surface area (Å²) in [7, 11) is 0. The van der Waals surface area contributed by atoms with Gasteiger partial charge in [0.2, 0.25) is 5.91 Å². The Hall–Kier alpha value is -1.38. The Bertz CT molecular complexity index is 352. The second-order valence-corrected chi connectivity index (χ2v) is 4.00. The maximum Gasteiger partial charge on any atom is 0.223 e. The number of carbonyl (C=O) groups is 1. The van der Waals surface area contributed by atoms with Gasteiger partial charge in [0.15, 0.2) is 0 Å². The molecule has 0 unspecified atom stereocenters. The molecular formula is C13H18FNO. The highest BCUT2D eigenvalue weighted by atomic mass is 19.1. The Morgan fingerprint density at radius 2 is 2.12 bits per heavy atom. The van der Waals surface area contributed by atoms with Crippen molar-refractivity contribution >= 4 is 5.91 Å². The third-order valence-corrected chi connectivity index (χ3v) is 2.58. The van der Waals surface area contributed by atoms with Crippen LogP contribution >= 0.6 is 0 Å². The van der Waals surface area contributed by atoms with E-state index >= 15 is 0 Å². The molecule has 88 valence electrons. The first kappa shape index (κ1) is 12.7. The van der Waals surface area contributed by atoms with Gasteiger partial charge in [0.25, 0.3) is 0 Å². The van der Waals surface area contributed by atoms with Crippen LogP contribution in [0, 0.1) is 11.7 Å². The van der Waals surface area contributed by atoms with E-state index in [9.17, 15) is 9.18 Å². The van der Waals surface area contributed by atoms with Gasteiger partial charge in [0.1, 0.15) is 5.82 Å². The molecule has 0 radical (unpaired) electrons. The Morgan fingerprint density at radius 3 is 2.75 bits per heavy atom. The summed E-state index contributed by atoms with van der Waals surface area (Å²) in [4.78, 5) is 11.6. The minimum atomic E-state index is -0.272. The minimum absolute atomic E-state index is 0.00299. The van der Waals surface area contributed by atoms with Crippen molar-refractivity contribution in [2.45, 2.75) is 33.2 Å². The zero-order chi connectivity index (χ0) is 12.0. The molecule has 1 aromatic carbocycles. The van der Waals surface area contributed by atoms with Gasteiger partial charge < -0.3 is 5.32 Å². The van der Waals surface area contributed by atoms with Gasteiger partial charge in [-0.15, -0.1) is 0 Å². The van der Waals surface area contributed by atoms with E-state index in [1.165, 1.54) is 6.07 Å². The number of nitrogens with one attached hydrogen (secondary N) is 1. The molecular weight excluding hydrogens is 205 g/mol. The van der Waals surface area contributed by atoms with Gasteiger partial charge >= 0.3 is 0 Å². The van der Waals surface area contributed by atoms with Gasteiger partial charge in [0.05, 0.1) is 0 Å². The summed E-state index contributed by atoms with van der Waals surface area (Å²) in [5, 5.41) is 2.75. The van der Waals surface area contributed by atoms with Crippen LogP contribution in [-0.2, 0) is 11.3 Å². The van der Waals surface area contributed by atoms with Crippen LogP contribution in [0.25, 0.3) is 0 Å². The Balaban J connectivity index is 2.46. The zero-order valence-electron chi connectivity index (χ0n) is 9.79. The predicted octanol–water partition coefficient (Wildman–Crippen LogP) is 2.88. The first-order chi connectivity index (χ1) is 7.65. The molecule has 0 fully saturated rings. The molecule has 0 bridgehead atoms. The average Bonchev–Trinajstić information content (AvgIpc) is 2.28. The molecule has 0 saturated carbocycles. The summed E-state index contributed by atoms with van der Waals surface area (Å²) in [6.07, 6.45) is 1.84. The number of halogens is 1. The van der Waals surface area contributed by atoms with Crippen molar-refractivity contribution in [2.24, 2.45) is 5.92 Å². The minimum Gasteiger partial charge on any atom is -0.352 e. The predicted molar refractivity (Wildman–Crippen MR) is 62.3 cm³/mol. The summed E-state index contributed by atoms with van der Waals surface area (Å²) >= 11 is 0. The summed E-state index contributed by atoms with van der Waals surface area (Å²) in [5.74, 6) is -0.284. The SMILES string of the molecule is CCC[C@H](C)C(=O)NCc1ccccc1F. The molecule has 0 spiro atoms. The van der Waals surface area contributed by atoms with E-state index in [1.54, 1.807) is 18.2 Å². The van der Waals surface area contributed by atoms with Crippen molar-refractivity contribution in [1.29, 1.82) is 0 Å². The van der Waals surface area contributed by atoms with Crippen molar-refractivity contribution in [3.63, 3.8) is 0 Å². The largest absolute Gasteiger partial charge is 0.352 e. The summed E-state index contributed by atoms with van der Waals surface area (Å²) in [6.45, 7) is 4.19. The van der Waals surface area contributed by atoms with E-state index in [0.29, 0.717) is 5.56 Å². The Labute approximate surface area is 95.9 Å². The van der Waals surface area contributed by atoms with Crippen LogP contribution in [0.3, 0.4) is 0 Å². The van der Waals surface area contributed by atoms with Crippen molar-refractivity contribution in [1.82, 2.24) is 5.32 Å². The third-order valence-electron chi connectivity index (χ3n) is 2.58. The van der Waals surface area contributed by atoms with E-state index in [4.69, 9.17) is 0 Å². The lowest BCUT2D eigenvalue weighted by Crippen LogP contribution is -2.28. The topological polar surface area (TPSA) is 29.1 Å². The molecule has 0 heterocycles. The first-order valence-corrected chi connectivity index (χ1v) is 5.66. The van der Waals surface area contributed by atoms with Gasteiger partial charge in [-0.3, -0.25) is 4.79 Å². The second-order valence-electron chi connectivity index (χ2n) is 4.00. The summed E-state index contributed by atoms with van der Waals surface area (Å²) in [5.41, 5.74) is 0.527. The van der Waals surface area contributed by atoms with Crippen LogP contribution in [0.1, 0.15) is 32.3 Å². The number of rotatable bonds is 5.